The van der Waals surface area contributed by atoms with Crippen molar-refractivity contribution in [3.05, 3.63) is 29.8 Å². The molecular formula is C18H29NO9. The van der Waals surface area contributed by atoms with Crippen LogP contribution in [0.1, 0.15) is 19.4 Å². The lowest BCUT2D eigenvalue weighted by atomic mass is 10.2. The van der Waals surface area contributed by atoms with Crippen molar-refractivity contribution in [3.63, 3.8) is 0 Å². The van der Waals surface area contributed by atoms with Crippen LogP contribution < -0.4 is 10.1 Å². The van der Waals surface area contributed by atoms with E-state index in [1.807, 2.05) is 38.1 Å². The van der Waals surface area contributed by atoms with Gasteiger partial charge in [-0.15, -0.1) is 0 Å². The van der Waals surface area contributed by atoms with Gasteiger partial charge in [0.25, 0.3) is 0 Å². The Bertz CT molecular complexity index is 559. The molecule has 1 rings (SSSR count). The summed E-state index contributed by atoms with van der Waals surface area (Å²) in [5.41, 5.74) is 1.10. The molecule has 0 aliphatic heterocycles. The zero-order chi connectivity index (χ0) is 21.7. The molecule has 0 spiro atoms. The summed E-state index contributed by atoms with van der Waals surface area (Å²) < 4.78 is 10.5. The molecular weight excluding hydrogens is 374 g/mol. The molecule has 3 atom stereocenters. The zero-order valence-electron chi connectivity index (χ0n) is 16.1. The molecule has 10 nitrogen and oxygen atoms in total. The van der Waals surface area contributed by atoms with Crippen molar-refractivity contribution in [1.29, 1.82) is 0 Å². The second kappa shape index (κ2) is 13.9. The summed E-state index contributed by atoms with van der Waals surface area (Å²) >= 11 is 0. The third kappa shape index (κ3) is 11.5. The van der Waals surface area contributed by atoms with Crippen LogP contribution in [-0.2, 0) is 20.9 Å². The average Bonchev–Trinajstić information content (AvgIpc) is 2.65. The van der Waals surface area contributed by atoms with E-state index in [1.54, 1.807) is 7.11 Å². The van der Waals surface area contributed by atoms with Crippen LogP contribution in [0.3, 0.4) is 0 Å². The molecule has 0 heterocycles. The van der Waals surface area contributed by atoms with E-state index in [0.717, 1.165) is 11.3 Å². The van der Waals surface area contributed by atoms with Gasteiger partial charge in [-0.05, 0) is 17.7 Å². The summed E-state index contributed by atoms with van der Waals surface area (Å²) in [6.07, 6.45) is -5.03. The zero-order valence-corrected chi connectivity index (χ0v) is 16.1. The molecule has 0 aromatic heterocycles. The average molecular weight is 403 g/mol. The minimum absolute atomic E-state index is 0.295. The van der Waals surface area contributed by atoms with Gasteiger partial charge in [0.1, 0.15) is 18.5 Å². The molecule has 0 saturated heterocycles. The Morgan fingerprint density at radius 2 is 1.50 bits per heavy atom. The number of aliphatic hydroxyl groups excluding tert-OH is 3. The third-order valence-corrected chi connectivity index (χ3v) is 3.24. The Balaban J connectivity index is 0.000000621. The van der Waals surface area contributed by atoms with Crippen molar-refractivity contribution in [2.75, 3.05) is 20.3 Å². The number of hydrogen-bond acceptors (Lipinski definition) is 8. The van der Waals surface area contributed by atoms with E-state index in [9.17, 15) is 14.7 Å². The van der Waals surface area contributed by atoms with E-state index < -0.39 is 30.3 Å². The summed E-state index contributed by atoms with van der Waals surface area (Å²) in [5, 5.41) is 45.4. The molecule has 0 aliphatic carbocycles. The van der Waals surface area contributed by atoms with E-state index in [1.165, 1.54) is 0 Å². The van der Waals surface area contributed by atoms with Gasteiger partial charge in [-0.2, -0.15) is 0 Å². The van der Waals surface area contributed by atoms with Crippen LogP contribution in [0.4, 0.5) is 0 Å². The number of rotatable bonds is 11. The maximum Gasteiger partial charge on any atom is 0.335 e. The minimum Gasteiger partial charge on any atom is -0.491 e. The Labute approximate surface area is 163 Å². The monoisotopic (exact) mass is 403 g/mol. The van der Waals surface area contributed by atoms with Crippen molar-refractivity contribution < 1.29 is 44.6 Å². The van der Waals surface area contributed by atoms with Gasteiger partial charge in [-0.25, -0.2) is 9.59 Å². The molecule has 0 bridgehead atoms. The molecule has 1 aromatic rings. The first kappa shape index (κ1) is 25.8. The standard InChI is InChI=1S/C14H23NO3.C4H6O6/c1-11(2)15-8-13(16)10-18-14-6-4-12(5-7-14)9-17-3;5-1(3(7)8)2(6)4(9)10/h4-7,11,13,15-16H,8-10H2,1-3H3;1-2,5-6H,(H,7,8)(H,9,10). The number of methoxy groups -OCH3 is 1. The second-order valence-electron chi connectivity index (χ2n) is 6.17. The number of carbonyl (C=O) groups is 2. The molecule has 0 aliphatic rings. The molecule has 3 unspecified atom stereocenters. The molecule has 0 saturated carbocycles. The highest BCUT2D eigenvalue weighted by Gasteiger charge is 2.29. The SMILES string of the molecule is COCc1ccc(OCC(O)CNC(C)C)cc1.O=C(O)C(O)C(O)C(=O)O. The topological polar surface area (TPSA) is 166 Å². The van der Waals surface area contributed by atoms with Gasteiger partial charge in [0.15, 0.2) is 12.2 Å². The summed E-state index contributed by atoms with van der Waals surface area (Å²) in [6, 6.07) is 8.05. The Morgan fingerprint density at radius 1 is 1.00 bits per heavy atom. The van der Waals surface area contributed by atoms with E-state index in [0.29, 0.717) is 25.8 Å². The van der Waals surface area contributed by atoms with Crippen LogP contribution in [0.15, 0.2) is 24.3 Å². The number of nitrogens with one attached hydrogen (secondary N) is 1. The van der Waals surface area contributed by atoms with Crippen LogP contribution in [0.2, 0.25) is 0 Å². The molecule has 6 N–H and O–H groups in total. The van der Waals surface area contributed by atoms with Gasteiger partial charge in [0.2, 0.25) is 0 Å². The number of aliphatic hydroxyl groups is 3. The van der Waals surface area contributed by atoms with E-state index in [-0.39, 0.29) is 0 Å². The number of carboxylic acid groups (broad SMARTS) is 2. The van der Waals surface area contributed by atoms with Crippen LogP contribution in [0, 0.1) is 0 Å². The molecule has 160 valence electrons. The van der Waals surface area contributed by atoms with Crippen LogP contribution in [-0.4, -0.2) is 82.1 Å². The highest BCUT2D eigenvalue weighted by Crippen LogP contribution is 2.12. The number of hydrogen-bond donors (Lipinski definition) is 6. The maximum absolute atomic E-state index is 9.77. The predicted octanol–water partition coefficient (Wildman–Crippen LogP) is -0.552. The van der Waals surface area contributed by atoms with E-state index >= 15 is 0 Å². The molecule has 0 amide bonds. The predicted molar refractivity (Wildman–Crippen MR) is 99.1 cm³/mol. The van der Waals surface area contributed by atoms with Gasteiger partial charge >= 0.3 is 11.9 Å². The summed E-state index contributed by atoms with van der Waals surface area (Å²) in [5.74, 6) is -2.77. The number of aliphatic carboxylic acids is 2. The van der Waals surface area contributed by atoms with E-state index in [4.69, 9.17) is 29.9 Å². The molecule has 0 radical (unpaired) electrons. The maximum atomic E-state index is 9.77. The van der Waals surface area contributed by atoms with Crippen molar-refractivity contribution in [2.24, 2.45) is 0 Å². The molecule has 1 aromatic carbocycles. The minimum atomic E-state index is -2.27. The van der Waals surface area contributed by atoms with Gasteiger partial charge < -0.3 is 40.3 Å². The van der Waals surface area contributed by atoms with Crippen LogP contribution in [0.25, 0.3) is 0 Å². The van der Waals surface area contributed by atoms with Crippen molar-refractivity contribution >= 4 is 11.9 Å². The Morgan fingerprint density at radius 3 is 1.89 bits per heavy atom. The molecule has 28 heavy (non-hydrogen) atoms. The van der Waals surface area contributed by atoms with Crippen molar-refractivity contribution in [1.82, 2.24) is 5.32 Å². The molecule has 10 heteroatoms. The fourth-order valence-electron chi connectivity index (χ4n) is 1.74. The van der Waals surface area contributed by atoms with Crippen molar-refractivity contribution in [2.45, 2.75) is 44.8 Å². The number of ether oxygens (including phenoxy) is 2. The summed E-state index contributed by atoms with van der Waals surface area (Å²) in [4.78, 5) is 19.5. The second-order valence-corrected chi connectivity index (χ2v) is 6.17. The van der Waals surface area contributed by atoms with Gasteiger partial charge in [0, 0.05) is 19.7 Å². The first-order valence-corrected chi connectivity index (χ1v) is 8.52. The lowest BCUT2D eigenvalue weighted by Crippen LogP contribution is -2.39. The first-order valence-electron chi connectivity index (χ1n) is 8.52. The van der Waals surface area contributed by atoms with Crippen LogP contribution in [0.5, 0.6) is 5.75 Å². The quantitative estimate of drug-likeness (QED) is 0.282. The number of carboxylic acids is 2. The fraction of sp³-hybridized carbons (Fsp3) is 0.556. The fourth-order valence-corrected chi connectivity index (χ4v) is 1.74. The largest absolute Gasteiger partial charge is 0.491 e. The number of benzene rings is 1. The third-order valence-electron chi connectivity index (χ3n) is 3.24. The van der Waals surface area contributed by atoms with Gasteiger partial charge in [-0.1, -0.05) is 26.0 Å². The smallest absolute Gasteiger partial charge is 0.335 e. The van der Waals surface area contributed by atoms with Gasteiger partial charge in [0.05, 0.1) is 6.61 Å². The lowest BCUT2D eigenvalue weighted by Gasteiger charge is -2.15. The summed E-state index contributed by atoms with van der Waals surface area (Å²) in [7, 11) is 1.67. The Hall–Kier alpha value is -2.24. The molecule has 0 fully saturated rings. The van der Waals surface area contributed by atoms with E-state index in [2.05, 4.69) is 5.32 Å². The first-order chi connectivity index (χ1) is 13.1. The van der Waals surface area contributed by atoms with Gasteiger partial charge in [-0.3, -0.25) is 0 Å². The Kier molecular flexibility index (Phi) is 12.7. The highest BCUT2D eigenvalue weighted by molar-refractivity contribution is 5.83. The normalized spacial score (nSPS) is 13.8. The highest BCUT2D eigenvalue weighted by atomic mass is 16.5. The van der Waals surface area contributed by atoms with Crippen molar-refractivity contribution in [3.8, 4) is 5.75 Å². The van der Waals surface area contributed by atoms with Crippen LogP contribution >= 0.6 is 0 Å². The summed E-state index contributed by atoms with van der Waals surface area (Å²) in [6.45, 7) is 5.52. The lowest BCUT2D eigenvalue weighted by molar-refractivity contribution is -0.165.